The van der Waals surface area contributed by atoms with Crippen molar-refractivity contribution < 1.29 is 27.0 Å². The third kappa shape index (κ3) is 5.01. The molecule has 0 N–H and O–H groups in total. The van der Waals surface area contributed by atoms with Crippen LogP contribution in [0.15, 0.2) is 47.1 Å². The lowest BCUT2D eigenvalue weighted by atomic mass is 10.1. The smallest absolute Gasteiger partial charge is 0.215 e. The van der Waals surface area contributed by atoms with Crippen LogP contribution in [-0.2, 0) is 15.6 Å². The van der Waals surface area contributed by atoms with Gasteiger partial charge >= 0.3 is 0 Å². The SMILES string of the molecule is COc1cccc(OC)c1-n1c(CS(=O)(=O)[C@@H](C)[C@H](C)c2cnc(C)c[n+]2[O-])nnc1-c1ccc(C)o1. The van der Waals surface area contributed by atoms with E-state index in [-0.39, 0.29) is 11.5 Å². The maximum absolute atomic E-state index is 13.6. The first-order chi connectivity index (χ1) is 17.6. The molecular weight excluding hydrogens is 498 g/mol. The number of hydrogen-bond acceptors (Lipinski definition) is 9. The van der Waals surface area contributed by atoms with E-state index in [0.717, 1.165) is 0 Å². The van der Waals surface area contributed by atoms with Crippen molar-refractivity contribution >= 4 is 9.84 Å². The summed E-state index contributed by atoms with van der Waals surface area (Å²) in [6.07, 6.45) is 2.74. The molecule has 0 bridgehead atoms. The predicted octanol–water partition coefficient (Wildman–Crippen LogP) is 3.30. The quantitative estimate of drug-likeness (QED) is 0.237. The largest absolute Gasteiger partial charge is 0.618 e. The van der Waals surface area contributed by atoms with E-state index >= 15 is 0 Å². The average molecular weight is 528 g/mol. The molecule has 4 aromatic rings. The molecule has 0 fully saturated rings. The zero-order valence-electron chi connectivity index (χ0n) is 21.5. The summed E-state index contributed by atoms with van der Waals surface area (Å²) < 4.78 is 46.5. The molecule has 11 nitrogen and oxygen atoms in total. The van der Waals surface area contributed by atoms with Gasteiger partial charge in [0.1, 0.15) is 34.4 Å². The highest BCUT2D eigenvalue weighted by molar-refractivity contribution is 7.91. The van der Waals surface area contributed by atoms with E-state index in [9.17, 15) is 13.6 Å². The van der Waals surface area contributed by atoms with E-state index in [1.54, 1.807) is 62.6 Å². The lowest BCUT2D eigenvalue weighted by Gasteiger charge is -2.20. The van der Waals surface area contributed by atoms with Gasteiger partial charge in [0.25, 0.3) is 0 Å². The van der Waals surface area contributed by atoms with Gasteiger partial charge in [0, 0.05) is 0 Å². The summed E-state index contributed by atoms with van der Waals surface area (Å²) >= 11 is 0. The molecule has 0 unspecified atom stereocenters. The zero-order valence-corrected chi connectivity index (χ0v) is 22.3. The van der Waals surface area contributed by atoms with E-state index in [0.29, 0.717) is 45.0 Å². The van der Waals surface area contributed by atoms with Gasteiger partial charge in [0.05, 0.1) is 31.6 Å². The molecule has 0 aliphatic rings. The van der Waals surface area contributed by atoms with Gasteiger partial charge in [-0.3, -0.25) is 4.57 Å². The molecule has 0 saturated heterocycles. The third-order valence-corrected chi connectivity index (χ3v) is 8.54. The van der Waals surface area contributed by atoms with Crippen LogP contribution in [0.1, 0.15) is 42.7 Å². The molecule has 0 saturated carbocycles. The fourth-order valence-corrected chi connectivity index (χ4v) is 5.67. The number of aromatic nitrogens is 5. The van der Waals surface area contributed by atoms with E-state index in [1.807, 2.05) is 0 Å². The maximum atomic E-state index is 13.6. The zero-order chi connectivity index (χ0) is 26.9. The maximum Gasteiger partial charge on any atom is 0.215 e. The Bertz CT molecular complexity index is 1510. The Labute approximate surface area is 215 Å². The van der Waals surface area contributed by atoms with Gasteiger partial charge in [0.2, 0.25) is 17.7 Å². The molecule has 0 amide bonds. The van der Waals surface area contributed by atoms with Crippen molar-refractivity contribution in [1.29, 1.82) is 0 Å². The van der Waals surface area contributed by atoms with Crippen LogP contribution >= 0.6 is 0 Å². The van der Waals surface area contributed by atoms with E-state index in [4.69, 9.17) is 13.9 Å². The average Bonchev–Trinajstić information content (AvgIpc) is 3.47. The first-order valence-electron chi connectivity index (χ1n) is 11.6. The molecule has 0 spiro atoms. The lowest BCUT2D eigenvalue weighted by molar-refractivity contribution is -0.616. The standard InChI is InChI=1S/C25H29N5O6S/c1-15-13-29(31)19(12-26-15)17(3)18(4)37(32,33)14-23-27-28-25(22-11-10-16(2)36-22)30(23)24-20(34-5)8-7-9-21(24)35-6/h7-13,17-18H,14H2,1-6H3/t17-,18-/m0/s1. The fourth-order valence-electron chi connectivity index (χ4n) is 4.09. The molecule has 3 aromatic heterocycles. The van der Waals surface area contributed by atoms with Gasteiger partial charge in [0.15, 0.2) is 21.4 Å². The van der Waals surface area contributed by atoms with E-state index in [1.165, 1.54) is 26.6 Å². The number of sulfone groups is 1. The molecule has 4 rings (SSSR count). The lowest BCUT2D eigenvalue weighted by Crippen LogP contribution is -2.38. The van der Waals surface area contributed by atoms with Gasteiger partial charge in [-0.05, 0) is 45.0 Å². The second-order valence-corrected chi connectivity index (χ2v) is 11.1. The number of para-hydroxylation sites is 1. The molecular formula is C25H29N5O6S. The van der Waals surface area contributed by atoms with Crippen LogP contribution in [0.3, 0.4) is 0 Å². The molecule has 2 atom stereocenters. The first-order valence-corrected chi connectivity index (χ1v) is 13.3. The molecule has 37 heavy (non-hydrogen) atoms. The molecule has 196 valence electrons. The van der Waals surface area contributed by atoms with Crippen molar-refractivity contribution in [3.8, 4) is 28.8 Å². The highest BCUT2D eigenvalue weighted by Gasteiger charge is 2.35. The van der Waals surface area contributed by atoms with Crippen molar-refractivity contribution in [2.45, 2.75) is 44.6 Å². The van der Waals surface area contributed by atoms with Crippen LogP contribution in [0, 0.1) is 19.1 Å². The topological polar surface area (TPSA) is 136 Å². The van der Waals surface area contributed by atoms with Crippen molar-refractivity contribution in [3.63, 3.8) is 0 Å². The Balaban J connectivity index is 1.82. The van der Waals surface area contributed by atoms with Crippen molar-refractivity contribution in [2.24, 2.45) is 0 Å². The van der Waals surface area contributed by atoms with Crippen LogP contribution in [0.5, 0.6) is 11.5 Å². The van der Waals surface area contributed by atoms with Crippen LogP contribution < -0.4 is 14.2 Å². The summed E-state index contributed by atoms with van der Waals surface area (Å²) in [5.74, 6) is 1.28. The highest BCUT2D eigenvalue weighted by atomic mass is 32.2. The predicted molar refractivity (Wildman–Crippen MR) is 135 cm³/mol. The minimum atomic E-state index is -3.84. The first kappa shape index (κ1) is 26.1. The van der Waals surface area contributed by atoms with Gasteiger partial charge in [-0.15, -0.1) is 10.2 Å². The Morgan fingerprint density at radius 1 is 1.08 bits per heavy atom. The van der Waals surface area contributed by atoms with Crippen LogP contribution in [0.2, 0.25) is 0 Å². The number of furan rings is 1. The number of aryl methyl sites for hydroxylation is 2. The molecule has 3 heterocycles. The van der Waals surface area contributed by atoms with Crippen LogP contribution in [0.4, 0.5) is 0 Å². The van der Waals surface area contributed by atoms with Gasteiger partial charge in [-0.1, -0.05) is 13.0 Å². The van der Waals surface area contributed by atoms with Gasteiger partial charge in [-0.2, -0.15) is 4.73 Å². The summed E-state index contributed by atoms with van der Waals surface area (Å²) in [4.78, 5) is 4.16. The van der Waals surface area contributed by atoms with Crippen molar-refractivity contribution in [1.82, 2.24) is 19.7 Å². The van der Waals surface area contributed by atoms with Crippen LogP contribution in [0.25, 0.3) is 17.3 Å². The third-order valence-electron chi connectivity index (χ3n) is 6.34. The number of methoxy groups -OCH3 is 2. The summed E-state index contributed by atoms with van der Waals surface area (Å²) in [5, 5.41) is 20.0. The summed E-state index contributed by atoms with van der Waals surface area (Å²) in [6, 6.07) is 8.74. The molecule has 0 aliphatic carbocycles. The van der Waals surface area contributed by atoms with Gasteiger partial charge < -0.3 is 19.1 Å². The Morgan fingerprint density at radius 2 is 1.76 bits per heavy atom. The van der Waals surface area contributed by atoms with Gasteiger partial charge in [-0.25, -0.2) is 13.4 Å². The fraction of sp³-hybridized carbons (Fsp3) is 0.360. The number of rotatable bonds is 9. The van der Waals surface area contributed by atoms with E-state index in [2.05, 4.69) is 15.2 Å². The molecule has 12 heteroatoms. The van der Waals surface area contributed by atoms with Crippen molar-refractivity contribution in [3.05, 3.63) is 70.9 Å². The molecule has 0 aliphatic heterocycles. The Kier molecular flexibility index (Phi) is 7.21. The second-order valence-electron chi connectivity index (χ2n) is 8.78. The highest BCUT2D eigenvalue weighted by Crippen LogP contribution is 2.37. The summed E-state index contributed by atoms with van der Waals surface area (Å²) in [5.41, 5.74) is 1.25. The summed E-state index contributed by atoms with van der Waals surface area (Å²) in [6.45, 7) is 6.75. The Hall–Kier alpha value is -3.93. The monoisotopic (exact) mass is 527 g/mol. The number of nitrogens with zero attached hydrogens (tertiary/aromatic N) is 5. The number of ether oxygens (including phenoxy) is 2. The minimum absolute atomic E-state index is 0.142. The summed E-state index contributed by atoms with van der Waals surface area (Å²) in [7, 11) is -0.822. The van der Waals surface area contributed by atoms with E-state index < -0.39 is 26.8 Å². The van der Waals surface area contributed by atoms with Crippen molar-refractivity contribution in [2.75, 3.05) is 14.2 Å². The number of hydrogen-bond donors (Lipinski definition) is 0. The molecule has 0 radical (unpaired) electrons. The molecule has 1 aromatic carbocycles. The Morgan fingerprint density at radius 3 is 2.32 bits per heavy atom. The second kappa shape index (κ2) is 10.2. The normalized spacial score (nSPS) is 13.4. The van der Waals surface area contributed by atoms with Crippen LogP contribution in [-0.4, -0.2) is 47.6 Å². The number of benzene rings is 1. The minimum Gasteiger partial charge on any atom is -0.618 e.